The smallest absolute Gasteiger partial charge is 0.308 e. The first-order chi connectivity index (χ1) is 8.43. The van der Waals surface area contributed by atoms with Crippen LogP contribution < -0.4 is 0 Å². The van der Waals surface area contributed by atoms with Crippen molar-refractivity contribution in [1.82, 2.24) is 4.90 Å². The summed E-state index contributed by atoms with van der Waals surface area (Å²) in [7, 11) is 0. The van der Waals surface area contributed by atoms with Crippen molar-refractivity contribution in [3.63, 3.8) is 0 Å². The van der Waals surface area contributed by atoms with Crippen LogP contribution in [0.4, 0.5) is 0 Å². The molecule has 0 radical (unpaired) electrons. The summed E-state index contributed by atoms with van der Waals surface area (Å²) in [5.74, 6) is -0.556. The van der Waals surface area contributed by atoms with Gasteiger partial charge in [0.1, 0.15) is 0 Å². The van der Waals surface area contributed by atoms with Gasteiger partial charge in [-0.1, -0.05) is 13.3 Å². The Labute approximate surface area is 108 Å². The highest BCUT2D eigenvalue weighted by Gasteiger charge is 2.45. The predicted molar refractivity (Wildman–Crippen MR) is 68.0 cm³/mol. The maximum Gasteiger partial charge on any atom is 0.308 e. The molecule has 1 saturated carbocycles. The van der Waals surface area contributed by atoms with Gasteiger partial charge in [-0.25, -0.2) is 0 Å². The van der Waals surface area contributed by atoms with E-state index in [1.807, 2.05) is 18.7 Å². The molecule has 2 fully saturated rings. The number of carboxylic acid groups (broad SMARTS) is 1. The van der Waals surface area contributed by atoms with Gasteiger partial charge in [0.2, 0.25) is 5.91 Å². The second-order valence-electron chi connectivity index (χ2n) is 6.02. The van der Waals surface area contributed by atoms with Crippen molar-refractivity contribution in [2.24, 2.45) is 17.8 Å². The van der Waals surface area contributed by atoms with Crippen LogP contribution in [-0.2, 0) is 9.59 Å². The number of likely N-dealkylation sites (tertiary alicyclic amines) is 1. The fourth-order valence-electron chi connectivity index (χ4n) is 3.58. The Bertz CT molecular complexity index is 351. The lowest BCUT2D eigenvalue weighted by Crippen LogP contribution is -2.58. The Morgan fingerprint density at radius 3 is 2.44 bits per heavy atom. The van der Waals surface area contributed by atoms with Gasteiger partial charge in [-0.15, -0.1) is 0 Å². The topological polar surface area (TPSA) is 57.6 Å². The van der Waals surface area contributed by atoms with Crippen LogP contribution in [0.25, 0.3) is 0 Å². The molecular formula is C14H23NO3. The molecule has 2 rings (SSSR count). The van der Waals surface area contributed by atoms with Gasteiger partial charge in [0.15, 0.2) is 0 Å². The molecule has 2 aliphatic rings. The van der Waals surface area contributed by atoms with E-state index in [1.165, 1.54) is 19.3 Å². The fourth-order valence-corrected chi connectivity index (χ4v) is 3.58. The molecule has 4 atom stereocenters. The number of aliphatic carboxylic acids is 1. The van der Waals surface area contributed by atoms with Crippen LogP contribution in [0.2, 0.25) is 0 Å². The number of rotatable bonds is 3. The molecule has 4 heteroatoms. The van der Waals surface area contributed by atoms with Crippen molar-refractivity contribution in [3.8, 4) is 0 Å². The standard InChI is InChI=1S/C14H23NO3/c1-8-7-12(16)15(9(2)11-5-4-6-11)10(3)13(8)14(17)18/h8-11,13H,4-7H2,1-3H3,(H,17,18). The third-order valence-electron chi connectivity index (χ3n) is 4.91. The van der Waals surface area contributed by atoms with E-state index in [1.54, 1.807) is 0 Å². The Balaban J connectivity index is 2.17. The van der Waals surface area contributed by atoms with Crippen LogP contribution in [0.3, 0.4) is 0 Å². The van der Waals surface area contributed by atoms with Crippen molar-refractivity contribution >= 4 is 11.9 Å². The summed E-state index contributed by atoms with van der Waals surface area (Å²) in [5, 5.41) is 9.34. The van der Waals surface area contributed by atoms with Gasteiger partial charge in [0.05, 0.1) is 5.92 Å². The summed E-state index contributed by atoms with van der Waals surface area (Å²) < 4.78 is 0. The highest BCUT2D eigenvalue weighted by molar-refractivity contribution is 5.82. The lowest BCUT2D eigenvalue weighted by Gasteiger charge is -2.47. The summed E-state index contributed by atoms with van der Waals surface area (Å²) in [5.41, 5.74) is 0. The van der Waals surface area contributed by atoms with E-state index in [2.05, 4.69) is 6.92 Å². The third-order valence-corrected chi connectivity index (χ3v) is 4.91. The normalized spacial score (nSPS) is 35.2. The minimum absolute atomic E-state index is 0.0603. The van der Waals surface area contributed by atoms with Crippen molar-refractivity contribution in [2.45, 2.75) is 58.5 Å². The predicted octanol–water partition coefficient (Wildman–Crippen LogP) is 2.13. The molecule has 1 heterocycles. The lowest BCUT2D eigenvalue weighted by molar-refractivity contribution is -0.158. The average molecular weight is 253 g/mol. The van der Waals surface area contributed by atoms with Gasteiger partial charge >= 0.3 is 5.97 Å². The van der Waals surface area contributed by atoms with E-state index in [0.717, 1.165) is 0 Å². The van der Waals surface area contributed by atoms with Crippen LogP contribution in [-0.4, -0.2) is 34.0 Å². The van der Waals surface area contributed by atoms with Gasteiger partial charge < -0.3 is 10.0 Å². The number of carbonyl (C=O) groups excluding carboxylic acids is 1. The monoisotopic (exact) mass is 253 g/mol. The molecular weight excluding hydrogens is 230 g/mol. The zero-order valence-corrected chi connectivity index (χ0v) is 11.4. The maximum atomic E-state index is 12.2. The van der Waals surface area contributed by atoms with Crippen molar-refractivity contribution < 1.29 is 14.7 Å². The van der Waals surface area contributed by atoms with E-state index in [9.17, 15) is 14.7 Å². The molecule has 0 aromatic heterocycles. The van der Waals surface area contributed by atoms with Gasteiger partial charge in [0, 0.05) is 18.5 Å². The number of carboxylic acids is 1. The van der Waals surface area contributed by atoms with E-state index in [0.29, 0.717) is 12.3 Å². The maximum absolute atomic E-state index is 12.2. The molecule has 0 aromatic rings. The van der Waals surface area contributed by atoms with Crippen molar-refractivity contribution in [2.75, 3.05) is 0 Å². The van der Waals surface area contributed by atoms with E-state index in [-0.39, 0.29) is 23.9 Å². The Morgan fingerprint density at radius 2 is 2.00 bits per heavy atom. The second-order valence-corrected chi connectivity index (χ2v) is 6.02. The van der Waals surface area contributed by atoms with E-state index >= 15 is 0 Å². The zero-order valence-electron chi connectivity index (χ0n) is 11.4. The largest absolute Gasteiger partial charge is 0.481 e. The Kier molecular flexibility index (Phi) is 3.64. The first-order valence-corrected chi connectivity index (χ1v) is 6.97. The molecule has 1 saturated heterocycles. The highest BCUT2D eigenvalue weighted by atomic mass is 16.4. The first kappa shape index (κ1) is 13.4. The number of hydrogen-bond donors (Lipinski definition) is 1. The lowest BCUT2D eigenvalue weighted by atomic mass is 9.75. The van der Waals surface area contributed by atoms with Crippen LogP contribution in [0.1, 0.15) is 46.5 Å². The Hall–Kier alpha value is -1.06. The zero-order chi connectivity index (χ0) is 13.4. The molecule has 0 spiro atoms. The number of carbonyl (C=O) groups is 2. The Morgan fingerprint density at radius 1 is 1.39 bits per heavy atom. The number of hydrogen-bond acceptors (Lipinski definition) is 2. The van der Waals surface area contributed by atoms with Crippen molar-refractivity contribution in [3.05, 3.63) is 0 Å². The van der Waals surface area contributed by atoms with Crippen LogP contribution >= 0.6 is 0 Å². The number of amides is 1. The summed E-state index contributed by atoms with van der Waals surface area (Å²) >= 11 is 0. The minimum Gasteiger partial charge on any atom is -0.481 e. The summed E-state index contributed by atoms with van der Waals surface area (Å²) in [6, 6.07) is 0.00458. The van der Waals surface area contributed by atoms with Gasteiger partial charge in [-0.2, -0.15) is 0 Å². The fraction of sp³-hybridized carbons (Fsp3) is 0.857. The summed E-state index contributed by atoms with van der Waals surface area (Å²) in [6.07, 6.45) is 3.96. The quantitative estimate of drug-likeness (QED) is 0.838. The van der Waals surface area contributed by atoms with Gasteiger partial charge in [-0.3, -0.25) is 9.59 Å². The molecule has 1 aliphatic carbocycles. The molecule has 1 amide bonds. The second kappa shape index (κ2) is 4.90. The summed E-state index contributed by atoms with van der Waals surface area (Å²) in [4.78, 5) is 25.4. The molecule has 0 aromatic carbocycles. The van der Waals surface area contributed by atoms with Crippen molar-refractivity contribution in [1.29, 1.82) is 0 Å². The van der Waals surface area contributed by atoms with Crippen LogP contribution in [0, 0.1) is 17.8 Å². The molecule has 4 unspecified atom stereocenters. The van der Waals surface area contributed by atoms with E-state index in [4.69, 9.17) is 0 Å². The van der Waals surface area contributed by atoms with Crippen LogP contribution in [0.15, 0.2) is 0 Å². The molecule has 0 bridgehead atoms. The number of nitrogens with zero attached hydrogens (tertiary/aromatic N) is 1. The molecule has 102 valence electrons. The molecule has 18 heavy (non-hydrogen) atoms. The average Bonchev–Trinajstić information content (AvgIpc) is 2.11. The van der Waals surface area contributed by atoms with Gasteiger partial charge in [-0.05, 0) is 38.5 Å². The molecule has 4 nitrogen and oxygen atoms in total. The van der Waals surface area contributed by atoms with E-state index < -0.39 is 11.9 Å². The van der Waals surface area contributed by atoms with Crippen LogP contribution in [0.5, 0.6) is 0 Å². The molecule has 1 N–H and O–H groups in total. The summed E-state index contributed by atoms with van der Waals surface area (Å²) in [6.45, 7) is 5.84. The third kappa shape index (κ3) is 2.13. The SMILES string of the molecule is CC1CC(=O)N(C(C)C2CCC2)C(C)C1C(=O)O. The first-order valence-electron chi connectivity index (χ1n) is 6.97. The van der Waals surface area contributed by atoms with Gasteiger partial charge in [0.25, 0.3) is 0 Å². The highest BCUT2D eigenvalue weighted by Crippen LogP contribution is 2.38. The minimum atomic E-state index is -0.770. The number of piperidine rings is 1. The molecule has 1 aliphatic heterocycles.